The Bertz CT molecular complexity index is 1420. The lowest BCUT2D eigenvalue weighted by molar-refractivity contribution is 0.0526. The number of hydrogen-bond donors (Lipinski definition) is 0. The Morgan fingerprint density at radius 3 is 2.67 bits per heavy atom. The summed E-state index contributed by atoms with van der Waals surface area (Å²) >= 11 is 0. The number of rotatable bonds is 6. The maximum absolute atomic E-state index is 15.1. The summed E-state index contributed by atoms with van der Waals surface area (Å²) in [7, 11) is 0. The van der Waals surface area contributed by atoms with Crippen LogP contribution in [-0.2, 0) is 10.2 Å². The van der Waals surface area contributed by atoms with Crippen LogP contribution in [0.5, 0.6) is 0 Å². The molecule has 33 heavy (non-hydrogen) atoms. The average Bonchev–Trinajstić information content (AvgIpc) is 3.18. The zero-order valence-electron chi connectivity index (χ0n) is 18.5. The number of carbonyl (C=O) groups excluding carboxylic acids is 2. The van der Waals surface area contributed by atoms with Crippen LogP contribution in [0.4, 0.5) is 4.39 Å². The first kappa shape index (κ1) is 21.0. The molecule has 5 rings (SSSR count). The Kier molecular flexibility index (Phi) is 4.84. The summed E-state index contributed by atoms with van der Waals surface area (Å²) in [4.78, 5) is 28.3. The number of esters is 1. The first-order chi connectivity index (χ1) is 15.8. The van der Waals surface area contributed by atoms with E-state index in [2.05, 4.69) is 22.1 Å². The fourth-order valence-corrected chi connectivity index (χ4v) is 3.80. The molecule has 0 unspecified atom stereocenters. The predicted octanol–water partition coefficient (Wildman–Crippen LogP) is 4.15. The first-order valence-corrected chi connectivity index (χ1v) is 10.7. The number of Topliss-reactive ketones (excluding diaryl/α,β-unsaturated/α-hetero) is 1. The van der Waals surface area contributed by atoms with Crippen LogP contribution in [-0.4, -0.2) is 42.7 Å². The summed E-state index contributed by atoms with van der Waals surface area (Å²) < 4.78 is 23.2. The molecule has 0 aliphatic heterocycles. The van der Waals surface area contributed by atoms with Crippen molar-refractivity contribution in [3.05, 3.63) is 65.5 Å². The molecule has 3 aromatic heterocycles. The molecule has 1 aromatic carbocycles. The molecule has 0 spiro atoms. The molecule has 1 saturated carbocycles. The molecular weight excluding hydrogens is 425 g/mol. The molecule has 9 heteroatoms. The van der Waals surface area contributed by atoms with E-state index >= 15 is 4.39 Å². The van der Waals surface area contributed by atoms with Crippen LogP contribution in [0, 0.1) is 5.82 Å². The van der Waals surface area contributed by atoms with E-state index in [0.717, 1.165) is 18.5 Å². The highest BCUT2D eigenvalue weighted by atomic mass is 19.1. The number of fused-ring (bicyclic) bond motifs is 1. The second-order valence-electron chi connectivity index (χ2n) is 8.50. The largest absolute Gasteiger partial charge is 0.462 e. The van der Waals surface area contributed by atoms with Gasteiger partial charge in [0.15, 0.2) is 11.4 Å². The number of benzene rings is 1. The quantitative estimate of drug-likeness (QED) is 0.326. The van der Waals surface area contributed by atoms with Crippen molar-refractivity contribution in [2.75, 3.05) is 6.61 Å². The van der Waals surface area contributed by atoms with Crippen molar-refractivity contribution >= 4 is 17.4 Å². The van der Waals surface area contributed by atoms with E-state index in [0.29, 0.717) is 28.3 Å². The van der Waals surface area contributed by atoms with Crippen molar-refractivity contribution in [3.8, 4) is 16.9 Å². The van der Waals surface area contributed by atoms with Gasteiger partial charge in [-0.05, 0) is 38.0 Å². The van der Waals surface area contributed by atoms with Crippen molar-refractivity contribution in [1.82, 2.24) is 24.4 Å². The molecule has 4 aromatic rings. The molecule has 1 fully saturated rings. The van der Waals surface area contributed by atoms with Crippen LogP contribution in [0.25, 0.3) is 22.6 Å². The van der Waals surface area contributed by atoms with E-state index in [1.165, 1.54) is 30.1 Å². The highest BCUT2D eigenvalue weighted by molar-refractivity contribution is 5.93. The number of nitrogens with zero attached hydrogens (tertiary/aromatic N) is 5. The van der Waals surface area contributed by atoms with Crippen LogP contribution in [0.1, 0.15) is 60.2 Å². The van der Waals surface area contributed by atoms with Gasteiger partial charge in [0.05, 0.1) is 35.4 Å². The standard InChI is InChI=1S/C24H22FN5O3/c1-4-33-23(32)15-12-26-29(13-15)16-5-6-17(18(25)9-16)20-11-22-27-19(14(2)31)10-21(30(22)28-20)24(3)7-8-24/h5-6,9-13H,4,7-8H2,1-3H3. The summed E-state index contributed by atoms with van der Waals surface area (Å²) in [6.07, 6.45) is 4.87. The number of aromatic nitrogens is 5. The third-order valence-electron chi connectivity index (χ3n) is 5.99. The van der Waals surface area contributed by atoms with Gasteiger partial charge in [-0.2, -0.15) is 10.2 Å². The summed E-state index contributed by atoms with van der Waals surface area (Å²) in [5.41, 5.74) is 3.20. The minimum Gasteiger partial charge on any atom is -0.462 e. The molecule has 0 bridgehead atoms. The van der Waals surface area contributed by atoms with Crippen molar-refractivity contribution in [3.63, 3.8) is 0 Å². The summed E-state index contributed by atoms with van der Waals surface area (Å²) in [6.45, 7) is 5.59. The van der Waals surface area contributed by atoms with Gasteiger partial charge < -0.3 is 4.74 Å². The van der Waals surface area contributed by atoms with E-state index in [-0.39, 0.29) is 23.4 Å². The SMILES string of the molecule is CCOC(=O)c1cnn(-c2ccc(-c3cc4nc(C(C)=O)cc(C5(C)CC5)n4n3)c(F)c2)c1. The molecule has 0 N–H and O–H groups in total. The molecule has 3 heterocycles. The molecule has 0 radical (unpaired) electrons. The molecule has 1 aliphatic carbocycles. The lowest BCUT2D eigenvalue weighted by atomic mass is 10.0. The monoisotopic (exact) mass is 447 g/mol. The molecule has 0 amide bonds. The van der Waals surface area contributed by atoms with Gasteiger partial charge in [0.25, 0.3) is 0 Å². The topological polar surface area (TPSA) is 91.4 Å². The first-order valence-electron chi connectivity index (χ1n) is 10.7. The van der Waals surface area contributed by atoms with Crippen molar-refractivity contribution in [1.29, 1.82) is 0 Å². The van der Waals surface area contributed by atoms with Crippen LogP contribution >= 0.6 is 0 Å². The lowest BCUT2D eigenvalue weighted by Crippen LogP contribution is -2.12. The van der Waals surface area contributed by atoms with Gasteiger partial charge in [0.2, 0.25) is 0 Å². The smallest absolute Gasteiger partial charge is 0.341 e. The van der Waals surface area contributed by atoms with Crippen molar-refractivity contribution in [2.45, 2.75) is 39.0 Å². The highest BCUT2D eigenvalue weighted by Gasteiger charge is 2.42. The zero-order chi connectivity index (χ0) is 23.3. The minimum absolute atomic E-state index is 0.0617. The van der Waals surface area contributed by atoms with Gasteiger partial charge in [-0.25, -0.2) is 23.4 Å². The second-order valence-corrected chi connectivity index (χ2v) is 8.50. The molecule has 8 nitrogen and oxygen atoms in total. The van der Waals surface area contributed by atoms with Crippen molar-refractivity contribution < 1.29 is 18.7 Å². The molecule has 0 atom stereocenters. The zero-order valence-corrected chi connectivity index (χ0v) is 18.5. The number of carbonyl (C=O) groups is 2. The molecular formula is C24H22FN5O3. The Hall–Kier alpha value is -3.88. The van der Waals surface area contributed by atoms with Gasteiger partial charge in [-0.1, -0.05) is 6.92 Å². The van der Waals surface area contributed by atoms with E-state index in [1.54, 1.807) is 35.7 Å². The van der Waals surface area contributed by atoms with Crippen LogP contribution in [0.15, 0.2) is 42.7 Å². The Balaban J connectivity index is 1.53. The second kappa shape index (κ2) is 7.61. The van der Waals surface area contributed by atoms with Gasteiger partial charge in [-0.3, -0.25) is 4.79 Å². The van der Waals surface area contributed by atoms with Crippen LogP contribution in [0.3, 0.4) is 0 Å². The van der Waals surface area contributed by atoms with Gasteiger partial charge >= 0.3 is 5.97 Å². The predicted molar refractivity (Wildman–Crippen MR) is 118 cm³/mol. The average molecular weight is 447 g/mol. The van der Waals surface area contributed by atoms with Crippen LogP contribution < -0.4 is 0 Å². The summed E-state index contributed by atoms with van der Waals surface area (Å²) in [6, 6.07) is 8.12. The third-order valence-corrected chi connectivity index (χ3v) is 5.99. The molecule has 168 valence electrons. The minimum atomic E-state index is -0.491. The van der Waals surface area contributed by atoms with E-state index < -0.39 is 11.8 Å². The van der Waals surface area contributed by atoms with Gasteiger partial charge in [-0.15, -0.1) is 0 Å². The van der Waals surface area contributed by atoms with Crippen LogP contribution in [0.2, 0.25) is 0 Å². The highest BCUT2D eigenvalue weighted by Crippen LogP contribution is 2.47. The van der Waals surface area contributed by atoms with Gasteiger partial charge in [0, 0.05) is 36.2 Å². The number of halogens is 1. The Morgan fingerprint density at radius 1 is 1.21 bits per heavy atom. The number of hydrogen-bond acceptors (Lipinski definition) is 6. The lowest BCUT2D eigenvalue weighted by Gasteiger charge is -2.12. The molecule has 1 aliphatic rings. The fraction of sp³-hybridized carbons (Fsp3) is 0.292. The number of ketones is 1. The van der Waals surface area contributed by atoms with Crippen molar-refractivity contribution in [2.24, 2.45) is 0 Å². The maximum atomic E-state index is 15.1. The fourth-order valence-electron chi connectivity index (χ4n) is 3.80. The van der Waals surface area contributed by atoms with Gasteiger partial charge in [0.1, 0.15) is 11.5 Å². The maximum Gasteiger partial charge on any atom is 0.341 e. The third kappa shape index (κ3) is 3.69. The molecule has 0 saturated heterocycles. The Morgan fingerprint density at radius 2 is 2.00 bits per heavy atom. The van der Waals surface area contributed by atoms with E-state index in [4.69, 9.17) is 4.74 Å². The normalized spacial score (nSPS) is 14.4. The summed E-state index contributed by atoms with van der Waals surface area (Å²) in [5, 5.41) is 8.75. The van der Waals surface area contributed by atoms with E-state index in [1.807, 2.05) is 0 Å². The summed E-state index contributed by atoms with van der Waals surface area (Å²) in [5.74, 6) is -1.10. The Labute approximate surface area is 189 Å². The van der Waals surface area contributed by atoms with E-state index in [9.17, 15) is 9.59 Å². The number of ether oxygens (including phenoxy) is 1.